The molecule has 144 valence electrons. The number of benzene rings is 2. The zero-order valence-electron chi connectivity index (χ0n) is 15.2. The van der Waals surface area contributed by atoms with Crippen molar-refractivity contribution >= 4 is 24.3 Å². The minimum atomic E-state index is -0.675. The van der Waals surface area contributed by atoms with E-state index in [9.17, 15) is 4.79 Å². The van der Waals surface area contributed by atoms with Crippen molar-refractivity contribution in [2.24, 2.45) is 21.9 Å². The van der Waals surface area contributed by atoms with Gasteiger partial charge in [0.2, 0.25) is 0 Å². The van der Waals surface area contributed by atoms with Gasteiger partial charge in [-0.2, -0.15) is 0 Å². The third-order valence-electron chi connectivity index (χ3n) is 5.16. The molecule has 2 aromatic carbocycles. The van der Waals surface area contributed by atoms with Gasteiger partial charge in [0.25, 0.3) is 0 Å². The highest BCUT2D eigenvalue weighted by atomic mass is 35.5. The van der Waals surface area contributed by atoms with E-state index in [1.54, 1.807) is 12.1 Å². The lowest BCUT2D eigenvalue weighted by Gasteiger charge is -2.37. The van der Waals surface area contributed by atoms with E-state index in [1.165, 1.54) is 5.56 Å². The number of halogens is 1. The van der Waals surface area contributed by atoms with Crippen molar-refractivity contribution < 1.29 is 9.53 Å². The summed E-state index contributed by atoms with van der Waals surface area (Å²) in [6.07, 6.45) is 3.23. The van der Waals surface area contributed by atoms with Crippen molar-refractivity contribution in [1.82, 2.24) is 0 Å². The summed E-state index contributed by atoms with van der Waals surface area (Å²) in [6, 6.07) is 19.6. The molecule has 3 rings (SSSR count). The van der Waals surface area contributed by atoms with Crippen LogP contribution in [0.2, 0.25) is 0 Å². The Hall–Kier alpha value is -2.53. The Kier molecular flexibility index (Phi) is 7.25. The largest absolute Gasteiger partial charge is 0.426 e. The molecular formula is C21H26ClN3O2. The molecule has 0 unspecified atom stereocenters. The molecule has 0 atom stereocenters. The van der Waals surface area contributed by atoms with Gasteiger partial charge in [-0.3, -0.25) is 9.79 Å². The van der Waals surface area contributed by atoms with Crippen LogP contribution in [0.4, 0.5) is 0 Å². The summed E-state index contributed by atoms with van der Waals surface area (Å²) in [5.41, 5.74) is 11.7. The topological polar surface area (TPSA) is 90.7 Å². The number of aliphatic imine (C=N–C) groups is 1. The molecule has 1 saturated carbocycles. The number of guanidine groups is 1. The van der Waals surface area contributed by atoms with Crippen LogP contribution in [0, 0.1) is 5.41 Å². The Balaban J connectivity index is 0.00000261. The summed E-state index contributed by atoms with van der Waals surface area (Å²) in [6.45, 7) is 0.266. The normalized spacial score (nSPS) is 21.6. The van der Waals surface area contributed by atoms with Crippen LogP contribution in [0.1, 0.15) is 37.2 Å². The molecule has 0 aliphatic heterocycles. The van der Waals surface area contributed by atoms with Crippen molar-refractivity contribution in [3.8, 4) is 5.75 Å². The average Bonchev–Trinajstić information content (AvgIpc) is 2.68. The van der Waals surface area contributed by atoms with Crippen LogP contribution in [-0.4, -0.2) is 18.5 Å². The minimum Gasteiger partial charge on any atom is -0.426 e. The van der Waals surface area contributed by atoms with E-state index in [4.69, 9.17) is 16.2 Å². The standard InChI is InChI=1S/C21H25N3O2.ClH/c22-20(23)24-15-21(19(25)26-18-9-5-2-6-10-18)13-11-17(12-14-21)16-7-3-1-4-8-16;/h1-10,17H,11-15H2,(H4,22,23,24);1H. The van der Waals surface area contributed by atoms with Gasteiger partial charge in [-0.05, 0) is 49.3 Å². The minimum absolute atomic E-state index is 0. The smallest absolute Gasteiger partial charge is 0.319 e. The molecule has 27 heavy (non-hydrogen) atoms. The van der Waals surface area contributed by atoms with Crippen LogP contribution in [0.25, 0.3) is 0 Å². The summed E-state index contributed by atoms with van der Waals surface area (Å²) < 4.78 is 5.64. The highest BCUT2D eigenvalue weighted by Crippen LogP contribution is 2.44. The average molecular weight is 388 g/mol. The summed E-state index contributed by atoms with van der Waals surface area (Å²) in [5.74, 6) is 0.752. The fourth-order valence-electron chi connectivity index (χ4n) is 3.60. The fourth-order valence-corrected chi connectivity index (χ4v) is 3.60. The summed E-state index contributed by atoms with van der Waals surface area (Å²) in [5, 5.41) is 0. The van der Waals surface area contributed by atoms with E-state index in [2.05, 4.69) is 29.3 Å². The van der Waals surface area contributed by atoms with Crippen molar-refractivity contribution in [3.63, 3.8) is 0 Å². The number of para-hydroxylation sites is 1. The van der Waals surface area contributed by atoms with Gasteiger partial charge in [0.1, 0.15) is 5.75 Å². The van der Waals surface area contributed by atoms with Crippen molar-refractivity contribution in [1.29, 1.82) is 0 Å². The summed E-state index contributed by atoms with van der Waals surface area (Å²) in [4.78, 5) is 17.1. The van der Waals surface area contributed by atoms with Crippen molar-refractivity contribution in [3.05, 3.63) is 66.2 Å². The van der Waals surface area contributed by atoms with Gasteiger partial charge in [-0.1, -0.05) is 48.5 Å². The van der Waals surface area contributed by atoms with E-state index in [1.807, 2.05) is 24.3 Å². The van der Waals surface area contributed by atoms with E-state index in [0.717, 1.165) is 12.8 Å². The van der Waals surface area contributed by atoms with Crippen LogP contribution < -0.4 is 16.2 Å². The van der Waals surface area contributed by atoms with Crippen molar-refractivity contribution in [2.75, 3.05) is 6.54 Å². The predicted octanol–water partition coefficient (Wildman–Crippen LogP) is 3.63. The molecule has 0 heterocycles. The molecule has 5 nitrogen and oxygen atoms in total. The number of rotatable bonds is 5. The number of hydrogen-bond acceptors (Lipinski definition) is 3. The van der Waals surface area contributed by atoms with Gasteiger partial charge in [-0.25, -0.2) is 0 Å². The van der Waals surface area contributed by atoms with Crippen molar-refractivity contribution in [2.45, 2.75) is 31.6 Å². The van der Waals surface area contributed by atoms with Gasteiger partial charge >= 0.3 is 5.97 Å². The number of nitrogens with two attached hydrogens (primary N) is 2. The first-order valence-electron chi connectivity index (χ1n) is 8.97. The Morgan fingerprint density at radius 1 is 1.00 bits per heavy atom. The van der Waals surface area contributed by atoms with E-state index in [-0.39, 0.29) is 30.9 Å². The van der Waals surface area contributed by atoms with Crippen LogP contribution in [0.5, 0.6) is 5.75 Å². The Morgan fingerprint density at radius 3 is 2.11 bits per heavy atom. The molecule has 1 aliphatic carbocycles. The third-order valence-corrected chi connectivity index (χ3v) is 5.16. The second kappa shape index (κ2) is 9.42. The molecule has 6 heteroatoms. The molecule has 1 fully saturated rings. The number of nitrogens with zero attached hydrogens (tertiary/aromatic N) is 1. The molecule has 0 spiro atoms. The second-order valence-electron chi connectivity index (χ2n) is 6.91. The van der Waals surface area contributed by atoms with E-state index in [0.29, 0.717) is 24.5 Å². The lowest BCUT2D eigenvalue weighted by molar-refractivity contribution is -0.147. The Bertz CT molecular complexity index is 754. The SMILES string of the molecule is Cl.NC(N)=NCC1(C(=O)Oc2ccccc2)CCC(c2ccccc2)CC1. The molecule has 2 aromatic rings. The van der Waals surface area contributed by atoms with Gasteiger partial charge in [0, 0.05) is 0 Å². The maximum absolute atomic E-state index is 13.0. The Labute approximate surface area is 166 Å². The Morgan fingerprint density at radius 2 is 1.56 bits per heavy atom. The fraction of sp³-hybridized carbons (Fsp3) is 0.333. The molecule has 0 aromatic heterocycles. The molecular weight excluding hydrogens is 362 g/mol. The zero-order chi connectivity index (χ0) is 18.4. The van der Waals surface area contributed by atoms with Gasteiger partial charge in [0.15, 0.2) is 5.96 Å². The molecule has 0 saturated heterocycles. The summed E-state index contributed by atoms with van der Waals surface area (Å²) in [7, 11) is 0. The molecule has 1 aliphatic rings. The first kappa shape index (κ1) is 20.8. The number of ether oxygens (including phenoxy) is 1. The number of hydrogen-bond donors (Lipinski definition) is 2. The van der Waals surface area contributed by atoms with Crippen LogP contribution in [-0.2, 0) is 4.79 Å². The first-order valence-corrected chi connectivity index (χ1v) is 8.97. The quantitative estimate of drug-likeness (QED) is 0.354. The molecule has 0 radical (unpaired) electrons. The highest BCUT2D eigenvalue weighted by molar-refractivity contribution is 5.85. The lowest BCUT2D eigenvalue weighted by Crippen LogP contribution is -2.41. The monoisotopic (exact) mass is 387 g/mol. The molecule has 4 N–H and O–H groups in total. The number of esters is 1. The lowest BCUT2D eigenvalue weighted by atomic mass is 9.69. The maximum atomic E-state index is 13.0. The maximum Gasteiger partial charge on any atom is 0.319 e. The zero-order valence-corrected chi connectivity index (χ0v) is 16.0. The summed E-state index contributed by atoms with van der Waals surface area (Å²) >= 11 is 0. The molecule has 0 amide bonds. The van der Waals surface area contributed by atoms with Crippen LogP contribution in [0.15, 0.2) is 65.7 Å². The second-order valence-corrected chi connectivity index (χ2v) is 6.91. The number of carbonyl (C=O) groups excluding carboxylic acids is 1. The third kappa shape index (κ3) is 5.23. The van der Waals surface area contributed by atoms with E-state index >= 15 is 0 Å². The molecule has 0 bridgehead atoms. The van der Waals surface area contributed by atoms with Crippen LogP contribution in [0.3, 0.4) is 0 Å². The van der Waals surface area contributed by atoms with E-state index < -0.39 is 5.41 Å². The van der Waals surface area contributed by atoms with Gasteiger partial charge in [0.05, 0.1) is 12.0 Å². The van der Waals surface area contributed by atoms with Gasteiger partial charge in [-0.15, -0.1) is 12.4 Å². The first-order chi connectivity index (χ1) is 12.6. The number of carbonyl (C=O) groups is 1. The van der Waals surface area contributed by atoms with Gasteiger partial charge < -0.3 is 16.2 Å². The van der Waals surface area contributed by atoms with Crippen LogP contribution >= 0.6 is 12.4 Å². The highest BCUT2D eigenvalue weighted by Gasteiger charge is 2.43. The predicted molar refractivity (Wildman–Crippen MR) is 110 cm³/mol.